The molecular weight excluding hydrogens is 220 g/mol. The molecule has 0 aromatic heterocycles. The Morgan fingerprint density at radius 3 is 2.33 bits per heavy atom. The normalized spacial score (nSPS) is 33.2. The van der Waals surface area contributed by atoms with Crippen LogP contribution >= 0.6 is 0 Å². The van der Waals surface area contributed by atoms with E-state index in [1.54, 1.807) is 12.5 Å². The topological polar surface area (TPSA) is 17.1 Å². The number of rotatable bonds is 1. The minimum atomic E-state index is 0.246. The number of Topliss-reactive ketones (excluding diaryl/α,β-unsaturated/α-hetero) is 1. The first kappa shape index (κ1) is 13.6. The van der Waals surface area contributed by atoms with Gasteiger partial charge in [-0.15, -0.1) is 0 Å². The van der Waals surface area contributed by atoms with Gasteiger partial charge >= 0.3 is 0 Å². The molecule has 0 bridgehead atoms. The maximum atomic E-state index is 11.8. The van der Waals surface area contributed by atoms with E-state index in [-0.39, 0.29) is 16.6 Å². The van der Waals surface area contributed by atoms with Crippen LogP contribution in [-0.4, -0.2) is 5.78 Å². The zero-order chi connectivity index (χ0) is 13.9. The van der Waals surface area contributed by atoms with Crippen LogP contribution in [0.2, 0.25) is 0 Å². The lowest BCUT2D eigenvalue weighted by atomic mass is 9.70. The Balaban J connectivity index is 2.56. The predicted molar refractivity (Wildman–Crippen MR) is 76.3 cm³/mol. The lowest BCUT2D eigenvalue weighted by molar-refractivity contribution is -0.113. The molecule has 0 saturated heterocycles. The summed E-state index contributed by atoms with van der Waals surface area (Å²) in [6.45, 7) is 15.6. The SMILES string of the molecule is CC(=O)C1=C(C)C=C2C(C1)C(C)(C)C(C)C2(C)C. The fraction of sp³-hybridized carbons (Fsp3) is 0.706. The first-order valence-electron chi connectivity index (χ1n) is 7.03. The molecule has 1 fully saturated rings. The number of carbonyl (C=O) groups is 1. The van der Waals surface area contributed by atoms with Gasteiger partial charge in [-0.1, -0.05) is 46.3 Å². The molecule has 1 nitrogen and oxygen atoms in total. The lowest BCUT2D eigenvalue weighted by Gasteiger charge is -2.34. The molecule has 0 aliphatic heterocycles. The van der Waals surface area contributed by atoms with Gasteiger partial charge in [0.05, 0.1) is 0 Å². The Kier molecular flexibility index (Phi) is 2.88. The Bertz CT molecular complexity index is 460. The summed E-state index contributed by atoms with van der Waals surface area (Å²) in [5, 5.41) is 0. The molecule has 0 spiro atoms. The van der Waals surface area contributed by atoms with Gasteiger partial charge in [-0.05, 0) is 54.1 Å². The maximum Gasteiger partial charge on any atom is 0.156 e. The number of hydrogen-bond donors (Lipinski definition) is 0. The summed E-state index contributed by atoms with van der Waals surface area (Å²) in [4.78, 5) is 11.8. The van der Waals surface area contributed by atoms with Gasteiger partial charge in [-0.3, -0.25) is 4.79 Å². The smallest absolute Gasteiger partial charge is 0.156 e. The Hall–Kier alpha value is -0.850. The summed E-state index contributed by atoms with van der Waals surface area (Å²) in [6, 6.07) is 0. The second-order valence-electron chi connectivity index (χ2n) is 7.34. The van der Waals surface area contributed by atoms with Crippen molar-refractivity contribution in [3.63, 3.8) is 0 Å². The second-order valence-corrected chi connectivity index (χ2v) is 7.34. The molecule has 2 atom stereocenters. The fourth-order valence-corrected chi connectivity index (χ4v) is 4.10. The second kappa shape index (κ2) is 3.82. The Morgan fingerprint density at radius 1 is 1.28 bits per heavy atom. The molecule has 2 rings (SSSR count). The third-order valence-corrected chi connectivity index (χ3v) is 5.90. The molecule has 2 aliphatic carbocycles. The summed E-state index contributed by atoms with van der Waals surface area (Å²) in [5.41, 5.74) is 4.31. The van der Waals surface area contributed by atoms with Crippen LogP contribution in [0.15, 0.2) is 22.8 Å². The van der Waals surface area contributed by atoms with Crippen molar-refractivity contribution >= 4 is 5.78 Å². The van der Waals surface area contributed by atoms with Crippen molar-refractivity contribution in [1.29, 1.82) is 0 Å². The van der Waals surface area contributed by atoms with Crippen LogP contribution in [0.1, 0.15) is 54.9 Å². The maximum absolute atomic E-state index is 11.8. The standard InChI is InChI=1S/C17H26O/c1-10-8-14-15(9-13(10)11(2)18)17(6,7)12(3)16(14,4)5/h8,12,15H,9H2,1-7H3. The highest BCUT2D eigenvalue weighted by Crippen LogP contribution is 2.63. The van der Waals surface area contributed by atoms with Crippen LogP contribution in [-0.2, 0) is 4.79 Å². The van der Waals surface area contributed by atoms with Gasteiger partial charge in [-0.2, -0.15) is 0 Å². The van der Waals surface area contributed by atoms with Crippen molar-refractivity contribution in [1.82, 2.24) is 0 Å². The molecule has 0 aromatic carbocycles. The van der Waals surface area contributed by atoms with E-state index in [2.05, 4.69) is 47.6 Å². The van der Waals surface area contributed by atoms with Crippen molar-refractivity contribution in [2.24, 2.45) is 22.7 Å². The summed E-state index contributed by atoms with van der Waals surface area (Å²) < 4.78 is 0. The highest BCUT2D eigenvalue weighted by atomic mass is 16.1. The predicted octanol–water partition coefficient (Wildman–Crippen LogP) is 4.54. The lowest BCUT2D eigenvalue weighted by Crippen LogP contribution is -2.27. The minimum Gasteiger partial charge on any atom is -0.295 e. The third-order valence-electron chi connectivity index (χ3n) is 5.90. The largest absolute Gasteiger partial charge is 0.295 e. The van der Waals surface area contributed by atoms with E-state index in [9.17, 15) is 4.79 Å². The quantitative estimate of drug-likeness (QED) is 0.664. The molecule has 1 saturated carbocycles. The summed E-state index contributed by atoms with van der Waals surface area (Å²) in [7, 11) is 0. The van der Waals surface area contributed by atoms with E-state index >= 15 is 0 Å². The molecule has 0 heterocycles. The highest BCUT2D eigenvalue weighted by molar-refractivity contribution is 5.95. The average Bonchev–Trinajstić information content (AvgIpc) is 2.37. The van der Waals surface area contributed by atoms with E-state index in [1.807, 2.05) is 0 Å². The van der Waals surface area contributed by atoms with E-state index in [0.29, 0.717) is 11.8 Å². The van der Waals surface area contributed by atoms with Gasteiger partial charge in [0, 0.05) is 0 Å². The summed E-state index contributed by atoms with van der Waals surface area (Å²) >= 11 is 0. The highest BCUT2D eigenvalue weighted by Gasteiger charge is 2.54. The van der Waals surface area contributed by atoms with E-state index in [0.717, 1.165) is 12.0 Å². The molecule has 1 heteroatoms. The van der Waals surface area contributed by atoms with E-state index in [4.69, 9.17) is 0 Å². The zero-order valence-corrected chi connectivity index (χ0v) is 12.8. The third kappa shape index (κ3) is 1.63. The van der Waals surface area contributed by atoms with Crippen LogP contribution in [0.5, 0.6) is 0 Å². The Morgan fingerprint density at radius 2 is 1.83 bits per heavy atom. The fourth-order valence-electron chi connectivity index (χ4n) is 4.10. The van der Waals surface area contributed by atoms with E-state index in [1.165, 1.54) is 5.57 Å². The number of hydrogen-bond acceptors (Lipinski definition) is 1. The van der Waals surface area contributed by atoms with Crippen molar-refractivity contribution in [2.75, 3.05) is 0 Å². The molecule has 0 radical (unpaired) electrons. The molecule has 0 N–H and O–H groups in total. The average molecular weight is 246 g/mol. The molecule has 2 unspecified atom stereocenters. The molecule has 0 amide bonds. The van der Waals surface area contributed by atoms with Gasteiger partial charge in [0.25, 0.3) is 0 Å². The summed E-state index contributed by atoms with van der Waals surface area (Å²) in [5.74, 6) is 1.42. The van der Waals surface area contributed by atoms with Gasteiger partial charge < -0.3 is 0 Å². The number of ketones is 1. The first-order valence-corrected chi connectivity index (χ1v) is 7.03. The van der Waals surface area contributed by atoms with Gasteiger partial charge in [0.1, 0.15) is 0 Å². The van der Waals surface area contributed by atoms with Crippen LogP contribution < -0.4 is 0 Å². The zero-order valence-electron chi connectivity index (χ0n) is 12.8. The van der Waals surface area contributed by atoms with Crippen LogP contribution in [0.3, 0.4) is 0 Å². The van der Waals surface area contributed by atoms with Gasteiger partial charge in [0.2, 0.25) is 0 Å². The monoisotopic (exact) mass is 246 g/mol. The van der Waals surface area contributed by atoms with Crippen molar-refractivity contribution in [3.8, 4) is 0 Å². The van der Waals surface area contributed by atoms with Gasteiger partial charge in [-0.25, -0.2) is 0 Å². The van der Waals surface area contributed by atoms with Crippen LogP contribution in [0.25, 0.3) is 0 Å². The van der Waals surface area contributed by atoms with Crippen molar-refractivity contribution in [3.05, 3.63) is 22.8 Å². The molecule has 2 aliphatic rings. The molecule has 100 valence electrons. The van der Waals surface area contributed by atoms with Gasteiger partial charge in [0.15, 0.2) is 5.78 Å². The van der Waals surface area contributed by atoms with Crippen LogP contribution in [0.4, 0.5) is 0 Å². The summed E-state index contributed by atoms with van der Waals surface area (Å²) in [6.07, 6.45) is 3.24. The number of fused-ring (bicyclic) bond motifs is 1. The first-order chi connectivity index (χ1) is 8.10. The Labute approximate surface area is 111 Å². The number of carbonyl (C=O) groups excluding carboxylic acids is 1. The van der Waals surface area contributed by atoms with E-state index < -0.39 is 0 Å². The molecule has 18 heavy (non-hydrogen) atoms. The molecule has 0 aromatic rings. The van der Waals surface area contributed by atoms with Crippen molar-refractivity contribution < 1.29 is 4.79 Å². The van der Waals surface area contributed by atoms with Crippen molar-refractivity contribution in [2.45, 2.75) is 54.9 Å². The minimum absolute atomic E-state index is 0.246. The molecular formula is C17H26O. The van der Waals surface area contributed by atoms with Crippen LogP contribution in [0, 0.1) is 22.7 Å². The number of allylic oxidation sites excluding steroid dienone is 4.